The van der Waals surface area contributed by atoms with Crippen LogP contribution in [0.15, 0.2) is 59.6 Å². The van der Waals surface area contributed by atoms with Gasteiger partial charge < -0.3 is 25.8 Å². The molecule has 8 heteroatoms. The Hall–Kier alpha value is -2.33. The fourth-order valence-electron chi connectivity index (χ4n) is 3.18. The second-order valence-corrected chi connectivity index (χ2v) is 7.69. The molecule has 0 bridgehead atoms. The molecule has 0 saturated heterocycles. The minimum atomic E-state index is -0.0645. The number of aliphatic hydroxyl groups excluding tert-OH is 1. The number of hydrogen-bond donors (Lipinski definition) is 4. The van der Waals surface area contributed by atoms with Gasteiger partial charge in [0.15, 0.2) is 12.6 Å². The van der Waals surface area contributed by atoms with Gasteiger partial charge in [0.25, 0.3) is 5.91 Å². The molecule has 0 aliphatic heterocycles. The van der Waals surface area contributed by atoms with Crippen LogP contribution in [0.2, 0.25) is 0 Å². The van der Waals surface area contributed by atoms with Gasteiger partial charge in [-0.05, 0) is 42.5 Å². The second-order valence-electron chi connectivity index (χ2n) is 7.69. The van der Waals surface area contributed by atoms with Crippen molar-refractivity contribution in [3.8, 4) is 5.75 Å². The molecule has 7 nitrogen and oxygen atoms in total. The Morgan fingerprint density at radius 3 is 2.47 bits per heavy atom. The third-order valence-electron chi connectivity index (χ3n) is 5.17. The number of aliphatic imine (C=N–C) groups is 1. The van der Waals surface area contributed by atoms with E-state index in [4.69, 9.17) is 4.74 Å². The Balaban J connectivity index is 0.00000363. The lowest BCUT2D eigenvalue weighted by atomic mass is 10.0. The van der Waals surface area contributed by atoms with Gasteiger partial charge in [-0.25, -0.2) is 0 Å². The van der Waals surface area contributed by atoms with E-state index < -0.39 is 0 Å². The number of benzene rings is 2. The van der Waals surface area contributed by atoms with E-state index in [0.717, 1.165) is 36.9 Å². The quantitative estimate of drug-likeness (QED) is 0.195. The zero-order valence-corrected chi connectivity index (χ0v) is 20.8. The minimum absolute atomic E-state index is 0. The van der Waals surface area contributed by atoms with Crippen LogP contribution in [-0.2, 0) is 11.2 Å². The van der Waals surface area contributed by atoms with Crippen LogP contribution in [0.1, 0.15) is 29.9 Å². The maximum Gasteiger partial charge on any atom is 0.258 e. The van der Waals surface area contributed by atoms with Crippen molar-refractivity contribution in [2.24, 2.45) is 4.99 Å². The van der Waals surface area contributed by atoms with Crippen molar-refractivity contribution in [3.05, 3.63) is 65.7 Å². The molecule has 32 heavy (non-hydrogen) atoms. The Bertz CT molecular complexity index is 842. The van der Waals surface area contributed by atoms with Crippen LogP contribution >= 0.6 is 24.0 Å². The van der Waals surface area contributed by atoms with E-state index >= 15 is 0 Å². The van der Waals surface area contributed by atoms with E-state index in [-0.39, 0.29) is 49.0 Å². The average Bonchev–Trinajstić information content (AvgIpc) is 3.62. The number of guanidine groups is 1. The second kappa shape index (κ2) is 13.9. The molecule has 1 unspecified atom stereocenters. The predicted molar refractivity (Wildman–Crippen MR) is 138 cm³/mol. The number of halogens is 1. The van der Waals surface area contributed by atoms with Crippen LogP contribution < -0.4 is 20.7 Å². The summed E-state index contributed by atoms with van der Waals surface area (Å²) in [5.74, 6) is 1.34. The van der Waals surface area contributed by atoms with Gasteiger partial charge in [-0.3, -0.25) is 9.79 Å². The summed E-state index contributed by atoms with van der Waals surface area (Å²) >= 11 is 0. The molecule has 1 atom stereocenters. The van der Waals surface area contributed by atoms with Gasteiger partial charge in [-0.1, -0.05) is 42.5 Å². The topological polar surface area (TPSA) is 95.0 Å². The number of aliphatic hydroxyl groups is 1. The highest BCUT2D eigenvalue weighted by Gasteiger charge is 2.23. The molecular formula is C24H33IN4O3. The van der Waals surface area contributed by atoms with Crippen molar-refractivity contribution < 1.29 is 14.6 Å². The van der Waals surface area contributed by atoms with Gasteiger partial charge in [0.05, 0.1) is 6.61 Å². The third-order valence-corrected chi connectivity index (χ3v) is 5.17. The molecule has 174 valence electrons. The standard InChI is InChI=1S/C24H32N4O3.HI/c1-25-24(27-15-20(16-29)19-5-3-2-4-6-19)26-14-13-18-7-11-22(12-8-18)31-17-23(30)28-21-9-10-21;/h2-8,11-12,20-21,29H,9-10,13-17H2,1H3,(H,28,30)(H2,25,26,27);1H. The fraction of sp³-hybridized carbons (Fsp3) is 0.417. The molecular weight excluding hydrogens is 519 g/mol. The molecule has 4 N–H and O–H groups in total. The lowest BCUT2D eigenvalue weighted by molar-refractivity contribution is -0.123. The highest BCUT2D eigenvalue weighted by atomic mass is 127. The number of carbonyl (C=O) groups is 1. The summed E-state index contributed by atoms with van der Waals surface area (Å²) in [6.07, 6.45) is 2.97. The molecule has 1 amide bonds. The summed E-state index contributed by atoms with van der Waals surface area (Å²) in [5, 5.41) is 19.2. The summed E-state index contributed by atoms with van der Waals surface area (Å²) < 4.78 is 5.54. The largest absolute Gasteiger partial charge is 0.484 e. The molecule has 3 rings (SSSR count). The third kappa shape index (κ3) is 9.04. The van der Waals surface area contributed by atoms with Gasteiger partial charge in [0.2, 0.25) is 0 Å². The first-order valence-electron chi connectivity index (χ1n) is 10.8. The zero-order valence-electron chi connectivity index (χ0n) is 18.4. The van der Waals surface area contributed by atoms with Gasteiger partial charge >= 0.3 is 0 Å². The van der Waals surface area contributed by atoms with Gasteiger partial charge in [-0.2, -0.15) is 0 Å². The van der Waals surface area contributed by atoms with Gasteiger partial charge in [-0.15, -0.1) is 24.0 Å². The van der Waals surface area contributed by atoms with Crippen molar-refractivity contribution >= 4 is 35.8 Å². The maximum atomic E-state index is 11.7. The van der Waals surface area contributed by atoms with E-state index in [0.29, 0.717) is 24.3 Å². The molecule has 1 saturated carbocycles. The van der Waals surface area contributed by atoms with Crippen LogP contribution in [0.4, 0.5) is 0 Å². The number of nitrogens with one attached hydrogen (secondary N) is 3. The van der Waals surface area contributed by atoms with Crippen molar-refractivity contribution in [2.45, 2.75) is 31.2 Å². The summed E-state index contributed by atoms with van der Waals surface area (Å²) in [6, 6.07) is 18.1. The summed E-state index contributed by atoms with van der Waals surface area (Å²) in [5.41, 5.74) is 2.26. The van der Waals surface area contributed by atoms with Crippen LogP contribution in [0.25, 0.3) is 0 Å². The molecule has 0 heterocycles. The molecule has 1 aliphatic carbocycles. The van der Waals surface area contributed by atoms with Gasteiger partial charge in [0, 0.05) is 32.1 Å². The Labute approximate surface area is 207 Å². The fourth-order valence-corrected chi connectivity index (χ4v) is 3.18. The summed E-state index contributed by atoms with van der Waals surface area (Å²) in [6.45, 7) is 1.45. The van der Waals surface area contributed by atoms with Crippen LogP contribution in [0.5, 0.6) is 5.75 Å². The van der Waals surface area contributed by atoms with E-state index in [9.17, 15) is 9.90 Å². The summed E-state index contributed by atoms with van der Waals surface area (Å²) in [4.78, 5) is 15.9. The average molecular weight is 552 g/mol. The molecule has 0 aromatic heterocycles. The van der Waals surface area contributed by atoms with Gasteiger partial charge in [0.1, 0.15) is 5.75 Å². The number of nitrogens with zero attached hydrogens (tertiary/aromatic N) is 1. The number of rotatable bonds is 11. The van der Waals surface area contributed by atoms with Crippen LogP contribution in [0.3, 0.4) is 0 Å². The lowest BCUT2D eigenvalue weighted by Gasteiger charge is -2.18. The highest BCUT2D eigenvalue weighted by molar-refractivity contribution is 14.0. The number of amides is 1. The SMILES string of the molecule is CN=C(NCCc1ccc(OCC(=O)NC2CC2)cc1)NCC(CO)c1ccccc1.I. The number of carbonyl (C=O) groups excluding carboxylic acids is 1. The van der Waals surface area contributed by atoms with Crippen LogP contribution in [0, 0.1) is 0 Å². The van der Waals surface area contributed by atoms with Crippen molar-refractivity contribution in [1.82, 2.24) is 16.0 Å². The first-order chi connectivity index (χ1) is 15.2. The Kier molecular flexibility index (Phi) is 11.3. The predicted octanol–water partition coefficient (Wildman–Crippen LogP) is 2.45. The number of hydrogen-bond acceptors (Lipinski definition) is 4. The smallest absolute Gasteiger partial charge is 0.258 e. The van der Waals surface area contributed by atoms with E-state index in [1.54, 1.807) is 7.05 Å². The number of ether oxygens (including phenoxy) is 1. The molecule has 1 aliphatic rings. The van der Waals surface area contributed by atoms with Crippen molar-refractivity contribution in [1.29, 1.82) is 0 Å². The minimum Gasteiger partial charge on any atom is -0.484 e. The molecule has 1 fully saturated rings. The maximum absolute atomic E-state index is 11.7. The van der Waals surface area contributed by atoms with E-state index in [1.165, 1.54) is 0 Å². The van der Waals surface area contributed by atoms with Crippen LogP contribution in [-0.4, -0.2) is 56.4 Å². The highest BCUT2D eigenvalue weighted by Crippen LogP contribution is 2.18. The van der Waals surface area contributed by atoms with Crippen molar-refractivity contribution in [3.63, 3.8) is 0 Å². The molecule has 0 radical (unpaired) electrons. The first kappa shape index (κ1) is 25.9. The lowest BCUT2D eigenvalue weighted by Crippen LogP contribution is -2.40. The van der Waals surface area contributed by atoms with E-state index in [1.807, 2.05) is 54.6 Å². The van der Waals surface area contributed by atoms with Crippen molar-refractivity contribution in [2.75, 3.05) is 33.4 Å². The molecule has 2 aromatic carbocycles. The normalized spacial score (nSPS) is 14.1. The zero-order chi connectivity index (χ0) is 21.9. The first-order valence-corrected chi connectivity index (χ1v) is 10.8. The molecule has 2 aromatic rings. The van der Waals surface area contributed by atoms with E-state index in [2.05, 4.69) is 20.9 Å². The Morgan fingerprint density at radius 2 is 1.84 bits per heavy atom. The Morgan fingerprint density at radius 1 is 1.12 bits per heavy atom. The monoisotopic (exact) mass is 552 g/mol. The summed E-state index contributed by atoms with van der Waals surface area (Å²) in [7, 11) is 1.73. The molecule has 0 spiro atoms.